The third kappa shape index (κ3) is 5.06. The zero-order valence-electron chi connectivity index (χ0n) is 14.1. The van der Waals surface area contributed by atoms with Crippen LogP contribution in [-0.4, -0.2) is 37.9 Å². The Kier molecular flexibility index (Phi) is 6.24. The van der Waals surface area contributed by atoms with Gasteiger partial charge in [-0.05, 0) is 37.2 Å². The molecule has 0 saturated heterocycles. The molecule has 0 bridgehead atoms. The lowest BCUT2D eigenvalue weighted by Gasteiger charge is -2.29. The highest BCUT2D eigenvalue weighted by Crippen LogP contribution is 2.26. The zero-order chi connectivity index (χ0) is 16.6. The van der Waals surface area contributed by atoms with E-state index in [0.29, 0.717) is 18.6 Å². The molecule has 1 unspecified atom stereocenters. The Morgan fingerprint density at radius 2 is 2.17 bits per heavy atom. The quantitative estimate of drug-likeness (QED) is 0.805. The Morgan fingerprint density at radius 1 is 1.29 bits per heavy atom. The van der Waals surface area contributed by atoms with Crippen LogP contribution in [0.1, 0.15) is 31.2 Å². The molecule has 3 atom stereocenters. The van der Waals surface area contributed by atoms with Gasteiger partial charge in [-0.2, -0.15) is 5.10 Å². The van der Waals surface area contributed by atoms with Gasteiger partial charge >= 0.3 is 0 Å². The van der Waals surface area contributed by atoms with Crippen LogP contribution < -0.4 is 10.7 Å². The lowest BCUT2D eigenvalue weighted by Crippen LogP contribution is -2.38. The second kappa shape index (κ2) is 8.83. The molecule has 1 aromatic rings. The van der Waals surface area contributed by atoms with E-state index in [0.717, 1.165) is 32.4 Å². The molecule has 1 heterocycles. The number of hydrogen-bond donors (Lipinski definition) is 2. The van der Waals surface area contributed by atoms with Crippen LogP contribution in [0.25, 0.3) is 0 Å². The average Bonchev–Trinajstić information content (AvgIpc) is 3.16. The highest BCUT2D eigenvalue weighted by atomic mass is 16.5. The molecule has 0 radical (unpaired) electrons. The van der Waals surface area contributed by atoms with Crippen molar-refractivity contribution in [3.05, 3.63) is 35.9 Å². The normalized spacial score (nSPS) is 26.1. The van der Waals surface area contributed by atoms with E-state index in [1.54, 1.807) is 6.21 Å². The molecule has 2 aliphatic rings. The van der Waals surface area contributed by atoms with Crippen molar-refractivity contribution < 1.29 is 9.53 Å². The number of carbonyl (C=O) groups is 1. The first-order chi connectivity index (χ1) is 11.8. The van der Waals surface area contributed by atoms with Crippen LogP contribution in [-0.2, 0) is 16.0 Å². The maximum Gasteiger partial charge on any atom is 0.230 e. The van der Waals surface area contributed by atoms with Gasteiger partial charge in [0, 0.05) is 19.3 Å². The van der Waals surface area contributed by atoms with E-state index < -0.39 is 0 Å². The maximum absolute atomic E-state index is 12.0. The summed E-state index contributed by atoms with van der Waals surface area (Å²) >= 11 is 0. The summed E-state index contributed by atoms with van der Waals surface area (Å²) in [7, 11) is 0. The van der Waals surface area contributed by atoms with E-state index in [1.165, 1.54) is 18.4 Å². The molecule has 130 valence electrons. The van der Waals surface area contributed by atoms with E-state index >= 15 is 0 Å². The fourth-order valence-electron chi connectivity index (χ4n) is 3.45. The van der Waals surface area contributed by atoms with Crippen LogP contribution in [0.2, 0.25) is 0 Å². The summed E-state index contributed by atoms with van der Waals surface area (Å²) < 4.78 is 6.08. The number of nitrogens with zero attached hydrogens (tertiary/aromatic N) is 1. The summed E-state index contributed by atoms with van der Waals surface area (Å²) in [4.78, 5) is 12.0. The molecule has 0 aromatic heterocycles. The van der Waals surface area contributed by atoms with Crippen molar-refractivity contribution >= 4 is 12.1 Å². The fourth-order valence-corrected chi connectivity index (χ4v) is 3.45. The van der Waals surface area contributed by atoms with Crippen LogP contribution >= 0.6 is 0 Å². The predicted molar refractivity (Wildman–Crippen MR) is 94.8 cm³/mol. The molecular weight excluding hydrogens is 302 g/mol. The second-order valence-electron chi connectivity index (χ2n) is 6.75. The molecule has 1 aliphatic heterocycles. The smallest absolute Gasteiger partial charge is 0.230 e. The van der Waals surface area contributed by atoms with E-state index in [-0.39, 0.29) is 11.8 Å². The summed E-state index contributed by atoms with van der Waals surface area (Å²) in [5.74, 6) is 0.484. The number of nitrogens with one attached hydrogen (secondary N) is 2. The third-order valence-corrected chi connectivity index (χ3v) is 4.88. The first kappa shape index (κ1) is 17.0. The van der Waals surface area contributed by atoms with Crippen LogP contribution in [0.5, 0.6) is 0 Å². The molecule has 0 spiro atoms. The van der Waals surface area contributed by atoms with Crippen molar-refractivity contribution in [2.75, 3.05) is 19.7 Å². The highest BCUT2D eigenvalue weighted by Gasteiger charge is 2.25. The zero-order valence-corrected chi connectivity index (χ0v) is 14.1. The molecule has 1 fully saturated rings. The summed E-state index contributed by atoms with van der Waals surface area (Å²) in [6.45, 7) is 2.14. The van der Waals surface area contributed by atoms with Crippen LogP contribution in [0.4, 0.5) is 0 Å². The lowest BCUT2D eigenvalue weighted by atomic mass is 9.87. The Balaban J connectivity index is 1.35. The Morgan fingerprint density at radius 3 is 2.96 bits per heavy atom. The molecule has 1 amide bonds. The first-order valence-electron chi connectivity index (χ1n) is 9.00. The highest BCUT2D eigenvalue weighted by molar-refractivity contribution is 5.94. The predicted octanol–water partition coefficient (Wildman–Crippen LogP) is 2.13. The van der Waals surface area contributed by atoms with Gasteiger partial charge < -0.3 is 15.5 Å². The Bertz CT molecular complexity index is 547. The average molecular weight is 329 g/mol. The van der Waals surface area contributed by atoms with Gasteiger partial charge in [0.15, 0.2) is 0 Å². The molecule has 1 aromatic carbocycles. The van der Waals surface area contributed by atoms with Crippen LogP contribution in [0.15, 0.2) is 35.4 Å². The minimum Gasteiger partial charge on any atom is -0.378 e. The number of hydrogen-bond acceptors (Lipinski definition) is 4. The minimum absolute atomic E-state index is 0.0795. The molecule has 3 rings (SSSR count). The summed E-state index contributed by atoms with van der Waals surface area (Å²) in [6, 6.07) is 10.5. The van der Waals surface area contributed by atoms with Gasteiger partial charge in [0.2, 0.25) is 5.91 Å². The summed E-state index contributed by atoms with van der Waals surface area (Å²) in [5, 5.41) is 6.97. The van der Waals surface area contributed by atoms with E-state index in [2.05, 4.69) is 40.1 Å². The van der Waals surface area contributed by atoms with Gasteiger partial charge in [-0.15, -0.1) is 0 Å². The van der Waals surface area contributed by atoms with E-state index in [4.69, 9.17) is 4.74 Å². The molecule has 5 nitrogen and oxygen atoms in total. The summed E-state index contributed by atoms with van der Waals surface area (Å²) in [5.41, 5.74) is 4.15. The minimum atomic E-state index is -0.119. The van der Waals surface area contributed by atoms with E-state index in [1.807, 2.05) is 6.07 Å². The van der Waals surface area contributed by atoms with Crippen LogP contribution in [0, 0.1) is 11.8 Å². The summed E-state index contributed by atoms with van der Waals surface area (Å²) in [6.07, 6.45) is 7.53. The van der Waals surface area contributed by atoms with Crippen LogP contribution in [0.3, 0.4) is 0 Å². The molecule has 1 saturated carbocycles. The van der Waals surface area contributed by atoms with Crippen molar-refractivity contribution in [2.24, 2.45) is 16.9 Å². The SMILES string of the molecule is O=C(NC[C@@H]1CCC[C@H](OCCc2ccccc2)C1)C1C=NNC1. The number of benzene rings is 1. The monoisotopic (exact) mass is 329 g/mol. The maximum atomic E-state index is 12.0. The number of rotatable bonds is 7. The second-order valence-corrected chi connectivity index (χ2v) is 6.75. The number of ether oxygens (including phenoxy) is 1. The standard InChI is InChI=1S/C19H27N3O2/c23-19(17-13-21-22-14-17)20-12-16-7-4-8-18(11-16)24-10-9-15-5-2-1-3-6-15/h1-3,5-6,13,16-18,22H,4,7-12,14H2,(H,20,23)/t16-,17?,18+/m1/s1. The first-order valence-corrected chi connectivity index (χ1v) is 9.00. The molecule has 2 N–H and O–H groups in total. The van der Waals surface area contributed by atoms with E-state index in [9.17, 15) is 4.79 Å². The number of carbonyl (C=O) groups excluding carboxylic acids is 1. The fraction of sp³-hybridized carbons (Fsp3) is 0.579. The third-order valence-electron chi connectivity index (χ3n) is 4.88. The van der Waals surface area contributed by atoms with Crippen molar-refractivity contribution in [2.45, 2.75) is 38.2 Å². The van der Waals surface area contributed by atoms with Gasteiger partial charge in [-0.3, -0.25) is 4.79 Å². The molecular formula is C19H27N3O2. The van der Waals surface area contributed by atoms with Gasteiger partial charge in [-0.1, -0.05) is 36.8 Å². The van der Waals surface area contributed by atoms with Crippen molar-refractivity contribution in [1.29, 1.82) is 0 Å². The molecule has 24 heavy (non-hydrogen) atoms. The van der Waals surface area contributed by atoms with Gasteiger partial charge in [0.1, 0.15) is 0 Å². The Labute approximate surface area is 143 Å². The Hall–Kier alpha value is -1.88. The largest absolute Gasteiger partial charge is 0.378 e. The van der Waals surface area contributed by atoms with Gasteiger partial charge in [0.05, 0.1) is 18.6 Å². The van der Waals surface area contributed by atoms with Crippen molar-refractivity contribution in [3.63, 3.8) is 0 Å². The molecule has 1 aliphatic carbocycles. The number of hydrazone groups is 1. The van der Waals surface area contributed by atoms with Crippen molar-refractivity contribution in [1.82, 2.24) is 10.7 Å². The van der Waals surface area contributed by atoms with Gasteiger partial charge in [-0.25, -0.2) is 0 Å². The molecule has 5 heteroatoms. The van der Waals surface area contributed by atoms with Gasteiger partial charge in [0.25, 0.3) is 0 Å². The lowest BCUT2D eigenvalue weighted by molar-refractivity contribution is -0.123. The topological polar surface area (TPSA) is 62.7 Å². The number of amides is 1. The van der Waals surface area contributed by atoms with Crippen molar-refractivity contribution in [3.8, 4) is 0 Å².